The summed E-state index contributed by atoms with van der Waals surface area (Å²) in [6.45, 7) is 0.378. The number of hydrogen-bond acceptors (Lipinski definition) is 4. The Hall–Kier alpha value is -2.44. The van der Waals surface area contributed by atoms with Gasteiger partial charge in [-0.1, -0.05) is 0 Å². The molecule has 1 aromatic carbocycles. The molecule has 0 fully saturated rings. The second-order valence-electron chi connectivity index (χ2n) is 3.84. The van der Waals surface area contributed by atoms with Crippen molar-refractivity contribution in [3.05, 3.63) is 39.9 Å². The van der Waals surface area contributed by atoms with E-state index in [1.807, 2.05) is 0 Å². The van der Waals surface area contributed by atoms with Crippen molar-refractivity contribution >= 4 is 17.5 Å². The molecule has 0 bridgehead atoms. The van der Waals surface area contributed by atoms with Crippen molar-refractivity contribution in [1.29, 1.82) is 0 Å². The van der Waals surface area contributed by atoms with Crippen molar-refractivity contribution in [2.45, 2.75) is 12.8 Å². The summed E-state index contributed by atoms with van der Waals surface area (Å²) in [4.78, 5) is 32.5. The molecule has 7 nitrogen and oxygen atoms in total. The van der Waals surface area contributed by atoms with Gasteiger partial charge in [-0.05, 0) is 18.6 Å². The van der Waals surface area contributed by atoms with E-state index in [1.165, 1.54) is 24.3 Å². The third kappa shape index (κ3) is 4.74. The van der Waals surface area contributed by atoms with Crippen LogP contribution in [0.5, 0.6) is 0 Å². The molecule has 0 atom stereocenters. The zero-order valence-electron chi connectivity index (χ0n) is 10.5. The molecule has 1 aromatic rings. The van der Waals surface area contributed by atoms with Crippen molar-refractivity contribution in [3.8, 4) is 0 Å². The molecule has 2 amide bonds. The van der Waals surface area contributed by atoms with E-state index >= 15 is 0 Å². The highest BCUT2D eigenvalue weighted by atomic mass is 16.6. The lowest BCUT2D eigenvalue weighted by molar-refractivity contribution is -0.384. The second-order valence-corrected chi connectivity index (χ2v) is 3.84. The van der Waals surface area contributed by atoms with Crippen LogP contribution in [0.1, 0.15) is 23.2 Å². The minimum absolute atomic E-state index is 0.0591. The summed E-state index contributed by atoms with van der Waals surface area (Å²) in [5, 5.41) is 15.6. The van der Waals surface area contributed by atoms with Crippen LogP contribution in [0.4, 0.5) is 5.69 Å². The fraction of sp³-hybridized carbons (Fsp3) is 0.333. The number of nitro benzene ring substituents is 1. The molecule has 0 aromatic heterocycles. The van der Waals surface area contributed by atoms with Gasteiger partial charge in [0.2, 0.25) is 5.91 Å². The number of carbonyl (C=O) groups excluding carboxylic acids is 2. The number of nitro groups is 1. The maximum atomic E-state index is 11.7. The van der Waals surface area contributed by atoms with Gasteiger partial charge in [0, 0.05) is 37.7 Å². The van der Waals surface area contributed by atoms with Gasteiger partial charge in [0.25, 0.3) is 11.6 Å². The molecular weight excluding hydrogens is 250 g/mol. The molecule has 0 aliphatic rings. The molecule has 0 aliphatic carbocycles. The Morgan fingerprint density at radius 1 is 1.26 bits per heavy atom. The Morgan fingerprint density at radius 3 is 2.42 bits per heavy atom. The third-order valence-corrected chi connectivity index (χ3v) is 2.49. The Balaban J connectivity index is 2.41. The molecule has 0 saturated carbocycles. The Morgan fingerprint density at radius 2 is 1.89 bits per heavy atom. The second kappa shape index (κ2) is 7.10. The summed E-state index contributed by atoms with van der Waals surface area (Å²) in [5.74, 6) is -0.392. The lowest BCUT2D eigenvalue weighted by atomic mass is 10.2. The average molecular weight is 265 g/mol. The Bertz CT molecular complexity index is 470. The summed E-state index contributed by atoms with van der Waals surface area (Å²) in [5.41, 5.74) is 0.293. The summed E-state index contributed by atoms with van der Waals surface area (Å²) in [6.07, 6.45) is 0.884. The summed E-state index contributed by atoms with van der Waals surface area (Å²) < 4.78 is 0. The van der Waals surface area contributed by atoms with Gasteiger partial charge in [0.05, 0.1) is 4.92 Å². The molecule has 0 heterocycles. The first-order valence-electron chi connectivity index (χ1n) is 5.78. The van der Waals surface area contributed by atoms with Crippen molar-refractivity contribution < 1.29 is 14.5 Å². The SMILES string of the molecule is CNC(=O)CCCNC(=O)c1ccc([N+](=O)[O-])cc1. The number of non-ortho nitro benzene ring substituents is 1. The van der Waals surface area contributed by atoms with Crippen LogP contribution in [-0.4, -0.2) is 30.3 Å². The van der Waals surface area contributed by atoms with Gasteiger partial charge < -0.3 is 10.6 Å². The molecule has 102 valence electrons. The zero-order chi connectivity index (χ0) is 14.3. The van der Waals surface area contributed by atoms with Gasteiger partial charge >= 0.3 is 0 Å². The van der Waals surface area contributed by atoms with Crippen molar-refractivity contribution in [2.75, 3.05) is 13.6 Å². The topological polar surface area (TPSA) is 101 Å². The maximum absolute atomic E-state index is 11.7. The molecule has 0 unspecified atom stereocenters. The molecule has 2 N–H and O–H groups in total. The molecule has 0 radical (unpaired) electrons. The van der Waals surface area contributed by atoms with Gasteiger partial charge in [-0.25, -0.2) is 0 Å². The van der Waals surface area contributed by atoms with Crippen LogP contribution in [0.15, 0.2) is 24.3 Å². The van der Waals surface area contributed by atoms with Crippen LogP contribution < -0.4 is 10.6 Å². The number of carbonyl (C=O) groups is 2. The summed E-state index contributed by atoms with van der Waals surface area (Å²) >= 11 is 0. The van der Waals surface area contributed by atoms with Crippen LogP contribution in [-0.2, 0) is 4.79 Å². The predicted octanol–water partition coefficient (Wildman–Crippen LogP) is 0.851. The monoisotopic (exact) mass is 265 g/mol. The number of nitrogens with one attached hydrogen (secondary N) is 2. The average Bonchev–Trinajstić information content (AvgIpc) is 2.43. The fourth-order valence-corrected chi connectivity index (χ4v) is 1.41. The van der Waals surface area contributed by atoms with E-state index in [2.05, 4.69) is 10.6 Å². The van der Waals surface area contributed by atoms with Crippen LogP contribution >= 0.6 is 0 Å². The van der Waals surface area contributed by atoms with Crippen molar-refractivity contribution in [2.24, 2.45) is 0 Å². The van der Waals surface area contributed by atoms with E-state index < -0.39 is 4.92 Å². The molecule has 0 aliphatic heterocycles. The number of rotatable bonds is 6. The van der Waals surface area contributed by atoms with E-state index in [-0.39, 0.29) is 17.5 Å². The van der Waals surface area contributed by atoms with E-state index in [0.29, 0.717) is 24.9 Å². The first-order valence-corrected chi connectivity index (χ1v) is 5.78. The summed E-state index contributed by atoms with van der Waals surface area (Å²) in [7, 11) is 1.55. The molecule has 7 heteroatoms. The predicted molar refractivity (Wildman–Crippen MR) is 68.7 cm³/mol. The number of nitrogens with zero attached hydrogens (tertiary/aromatic N) is 1. The first-order chi connectivity index (χ1) is 9.04. The number of benzene rings is 1. The van der Waals surface area contributed by atoms with Crippen LogP contribution in [0.2, 0.25) is 0 Å². The highest BCUT2D eigenvalue weighted by molar-refractivity contribution is 5.94. The van der Waals surface area contributed by atoms with Gasteiger partial charge in [-0.3, -0.25) is 19.7 Å². The van der Waals surface area contributed by atoms with E-state index in [1.54, 1.807) is 7.05 Å². The van der Waals surface area contributed by atoms with E-state index in [9.17, 15) is 19.7 Å². The van der Waals surface area contributed by atoms with E-state index in [0.717, 1.165) is 0 Å². The maximum Gasteiger partial charge on any atom is 0.269 e. The van der Waals surface area contributed by atoms with E-state index in [4.69, 9.17) is 0 Å². The van der Waals surface area contributed by atoms with Crippen LogP contribution in [0.25, 0.3) is 0 Å². The quantitative estimate of drug-likeness (QED) is 0.452. The standard InChI is InChI=1S/C12H15N3O4/c1-13-11(16)3-2-8-14-12(17)9-4-6-10(7-5-9)15(18)19/h4-7H,2-3,8H2,1H3,(H,13,16)(H,14,17). The van der Waals surface area contributed by atoms with Gasteiger partial charge in [-0.15, -0.1) is 0 Å². The minimum atomic E-state index is -0.523. The first kappa shape index (κ1) is 14.6. The van der Waals surface area contributed by atoms with Crippen molar-refractivity contribution in [3.63, 3.8) is 0 Å². The highest BCUT2D eigenvalue weighted by Crippen LogP contribution is 2.11. The summed E-state index contributed by atoms with van der Waals surface area (Å²) in [6, 6.07) is 5.34. The smallest absolute Gasteiger partial charge is 0.269 e. The van der Waals surface area contributed by atoms with Gasteiger partial charge in [0.15, 0.2) is 0 Å². The number of hydrogen-bond donors (Lipinski definition) is 2. The lowest BCUT2D eigenvalue weighted by Gasteiger charge is -2.04. The van der Waals surface area contributed by atoms with Crippen molar-refractivity contribution in [1.82, 2.24) is 10.6 Å². The molecule has 19 heavy (non-hydrogen) atoms. The van der Waals surface area contributed by atoms with Gasteiger partial charge in [-0.2, -0.15) is 0 Å². The van der Waals surface area contributed by atoms with Gasteiger partial charge in [0.1, 0.15) is 0 Å². The minimum Gasteiger partial charge on any atom is -0.359 e. The van der Waals surface area contributed by atoms with Crippen LogP contribution in [0.3, 0.4) is 0 Å². The molecule has 0 spiro atoms. The normalized spacial score (nSPS) is 9.74. The van der Waals surface area contributed by atoms with Crippen LogP contribution in [0, 0.1) is 10.1 Å². The largest absolute Gasteiger partial charge is 0.359 e. The molecule has 0 saturated heterocycles. The highest BCUT2D eigenvalue weighted by Gasteiger charge is 2.08. The third-order valence-electron chi connectivity index (χ3n) is 2.49. The molecular formula is C12H15N3O4. The Labute approximate surface area is 110 Å². The fourth-order valence-electron chi connectivity index (χ4n) is 1.41. The lowest BCUT2D eigenvalue weighted by Crippen LogP contribution is -2.26. The molecule has 1 rings (SSSR count). The Kier molecular flexibility index (Phi) is 5.46. The zero-order valence-corrected chi connectivity index (χ0v) is 10.5. The number of amides is 2.